The highest BCUT2D eigenvalue weighted by Gasteiger charge is 2.06. The van der Waals surface area contributed by atoms with Crippen LogP contribution in [0.1, 0.15) is 18.1 Å². The van der Waals surface area contributed by atoms with Crippen molar-refractivity contribution < 1.29 is 19.1 Å². The van der Waals surface area contributed by atoms with Gasteiger partial charge in [0.05, 0.1) is 0 Å². The van der Waals surface area contributed by atoms with Crippen molar-refractivity contribution in [1.29, 1.82) is 0 Å². The third kappa shape index (κ3) is 6.55. The van der Waals surface area contributed by atoms with Gasteiger partial charge in [0.25, 0.3) is 11.8 Å². The van der Waals surface area contributed by atoms with Crippen LogP contribution in [-0.2, 0) is 16.0 Å². The monoisotopic (exact) mass is 342 g/mol. The molecule has 0 saturated heterocycles. The lowest BCUT2D eigenvalue weighted by Gasteiger charge is -2.10. The molecule has 0 heterocycles. The van der Waals surface area contributed by atoms with Crippen LogP contribution in [0.25, 0.3) is 0 Å². The Kier molecular flexibility index (Phi) is 6.83. The smallest absolute Gasteiger partial charge is 0.276 e. The second-order valence-electron chi connectivity index (χ2n) is 5.48. The summed E-state index contributed by atoms with van der Waals surface area (Å²) in [4.78, 5) is 23.3. The van der Waals surface area contributed by atoms with Gasteiger partial charge in [-0.2, -0.15) is 0 Å². The molecule has 0 aliphatic carbocycles. The van der Waals surface area contributed by atoms with Crippen LogP contribution >= 0.6 is 0 Å². The number of carbonyl (C=O) groups excluding carboxylic acids is 2. The maximum Gasteiger partial charge on any atom is 0.276 e. The van der Waals surface area contributed by atoms with Crippen molar-refractivity contribution in [2.75, 3.05) is 13.2 Å². The van der Waals surface area contributed by atoms with Crippen LogP contribution in [0.15, 0.2) is 48.5 Å². The molecule has 2 N–H and O–H groups in total. The van der Waals surface area contributed by atoms with E-state index in [-0.39, 0.29) is 13.2 Å². The number of carbonyl (C=O) groups is 2. The second-order valence-corrected chi connectivity index (χ2v) is 5.48. The first-order chi connectivity index (χ1) is 12.1. The maximum absolute atomic E-state index is 11.7. The fourth-order valence-electron chi connectivity index (χ4n) is 1.97. The van der Waals surface area contributed by atoms with Gasteiger partial charge in [0, 0.05) is 0 Å². The zero-order valence-corrected chi connectivity index (χ0v) is 14.4. The molecule has 0 fully saturated rings. The fourth-order valence-corrected chi connectivity index (χ4v) is 1.97. The van der Waals surface area contributed by atoms with Crippen molar-refractivity contribution in [3.05, 3.63) is 59.7 Å². The van der Waals surface area contributed by atoms with Gasteiger partial charge in [-0.3, -0.25) is 20.4 Å². The van der Waals surface area contributed by atoms with Crippen molar-refractivity contribution in [2.45, 2.75) is 20.3 Å². The average molecular weight is 342 g/mol. The molecule has 0 saturated carbocycles. The molecular weight excluding hydrogens is 320 g/mol. The van der Waals surface area contributed by atoms with Gasteiger partial charge in [-0.15, -0.1) is 0 Å². The molecule has 0 atom stereocenters. The van der Waals surface area contributed by atoms with E-state index in [0.717, 1.165) is 12.0 Å². The van der Waals surface area contributed by atoms with E-state index < -0.39 is 11.8 Å². The number of nitrogens with one attached hydrogen (secondary N) is 2. The minimum atomic E-state index is -0.457. The Balaban J connectivity index is 1.64. The minimum absolute atomic E-state index is 0.190. The molecule has 132 valence electrons. The van der Waals surface area contributed by atoms with E-state index >= 15 is 0 Å². The molecule has 0 bridgehead atoms. The number of rotatable bonds is 7. The molecule has 25 heavy (non-hydrogen) atoms. The zero-order chi connectivity index (χ0) is 18.1. The summed E-state index contributed by atoms with van der Waals surface area (Å²) in [6.07, 6.45) is 0.942. The first-order valence-electron chi connectivity index (χ1n) is 8.05. The Morgan fingerprint density at radius 3 is 1.68 bits per heavy atom. The summed E-state index contributed by atoms with van der Waals surface area (Å²) in [7, 11) is 0. The van der Waals surface area contributed by atoms with Gasteiger partial charge in [-0.1, -0.05) is 36.8 Å². The predicted octanol–water partition coefficient (Wildman–Crippen LogP) is 2.16. The average Bonchev–Trinajstić information content (AvgIpc) is 2.64. The number of hydrogen-bond donors (Lipinski definition) is 2. The Morgan fingerprint density at radius 2 is 1.24 bits per heavy atom. The third-order valence-electron chi connectivity index (χ3n) is 3.43. The number of ether oxygens (including phenoxy) is 2. The van der Waals surface area contributed by atoms with Crippen LogP contribution in [0, 0.1) is 6.92 Å². The Bertz CT molecular complexity index is 696. The van der Waals surface area contributed by atoms with Gasteiger partial charge in [-0.05, 0) is 43.2 Å². The lowest BCUT2D eigenvalue weighted by Crippen LogP contribution is -2.45. The molecule has 0 aliphatic heterocycles. The van der Waals surface area contributed by atoms with E-state index in [4.69, 9.17) is 9.47 Å². The van der Waals surface area contributed by atoms with E-state index in [0.29, 0.717) is 11.5 Å². The zero-order valence-electron chi connectivity index (χ0n) is 14.4. The summed E-state index contributed by atoms with van der Waals surface area (Å²) in [5.74, 6) is 0.275. The van der Waals surface area contributed by atoms with Crippen molar-refractivity contribution in [1.82, 2.24) is 10.9 Å². The fraction of sp³-hybridized carbons (Fsp3) is 0.263. The molecule has 0 spiro atoms. The van der Waals surface area contributed by atoms with E-state index in [2.05, 4.69) is 17.8 Å². The number of hydrazine groups is 1. The van der Waals surface area contributed by atoms with Crippen LogP contribution in [0.4, 0.5) is 0 Å². The van der Waals surface area contributed by atoms with Gasteiger partial charge in [0.15, 0.2) is 13.2 Å². The van der Waals surface area contributed by atoms with Gasteiger partial charge < -0.3 is 9.47 Å². The van der Waals surface area contributed by atoms with Crippen molar-refractivity contribution in [2.24, 2.45) is 0 Å². The Morgan fingerprint density at radius 1 is 0.800 bits per heavy atom. The molecule has 0 aromatic heterocycles. The lowest BCUT2D eigenvalue weighted by molar-refractivity contribution is -0.131. The van der Waals surface area contributed by atoms with E-state index in [1.165, 1.54) is 5.56 Å². The van der Waals surface area contributed by atoms with Crippen LogP contribution in [0.5, 0.6) is 11.5 Å². The molecule has 0 unspecified atom stereocenters. The van der Waals surface area contributed by atoms with E-state index in [1.807, 2.05) is 31.2 Å². The van der Waals surface area contributed by atoms with Crippen molar-refractivity contribution in [3.8, 4) is 11.5 Å². The van der Waals surface area contributed by atoms with Crippen LogP contribution in [0.3, 0.4) is 0 Å². The summed E-state index contributed by atoms with van der Waals surface area (Å²) < 4.78 is 10.7. The normalized spacial score (nSPS) is 10.0. The molecule has 0 radical (unpaired) electrons. The SMILES string of the molecule is CCc1ccc(OCC(=O)NNC(=O)COc2ccc(C)cc2)cc1. The summed E-state index contributed by atoms with van der Waals surface area (Å²) in [6, 6.07) is 14.8. The Labute approximate surface area is 147 Å². The summed E-state index contributed by atoms with van der Waals surface area (Å²) in [5, 5.41) is 0. The predicted molar refractivity (Wildman–Crippen MR) is 94.3 cm³/mol. The molecule has 2 rings (SSSR count). The highest BCUT2D eigenvalue weighted by molar-refractivity contribution is 5.83. The summed E-state index contributed by atoms with van der Waals surface area (Å²) in [6.45, 7) is 3.65. The molecule has 2 aromatic rings. The molecule has 0 aliphatic rings. The summed E-state index contributed by atoms with van der Waals surface area (Å²) in [5.41, 5.74) is 6.85. The quantitative estimate of drug-likeness (QED) is 0.756. The first-order valence-corrected chi connectivity index (χ1v) is 8.05. The number of hydrogen-bond acceptors (Lipinski definition) is 4. The van der Waals surface area contributed by atoms with Gasteiger partial charge in [0.2, 0.25) is 0 Å². The van der Waals surface area contributed by atoms with Gasteiger partial charge in [0.1, 0.15) is 11.5 Å². The number of benzene rings is 2. The number of aryl methyl sites for hydroxylation is 2. The van der Waals surface area contributed by atoms with Crippen LogP contribution in [-0.4, -0.2) is 25.0 Å². The minimum Gasteiger partial charge on any atom is -0.484 e. The van der Waals surface area contributed by atoms with Crippen LogP contribution < -0.4 is 20.3 Å². The highest BCUT2D eigenvalue weighted by atomic mass is 16.5. The standard InChI is InChI=1S/C19H22N2O4/c1-3-15-6-10-17(11-7-15)25-13-19(23)21-20-18(22)12-24-16-8-4-14(2)5-9-16/h4-11H,3,12-13H2,1-2H3,(H,20,22)(H,21,23). The third-order valence-corrected chi connectivity index (χ3v) is 3.43. The van der Waals surface area contributed by atoms with Crippen LogP contribution in [0.2, 0.25) is 0 Å². The first kappa shape index (κ1) is 18.3. The van der Waals surface area contributed by atoms with Crippen molar-refractivity contribution in [3.63, 3.8) is 0 Å². The molecule has 2 amide bonds. The maximum atomic E-state index is 11.7. The molecule has 2 aromatic carbocycles. The highest BCUT2D eigenvalue weighted by Crippen LogP contribution is 2.12. The largest absolute Gasteiger partial charge is 0.484 e. The second kappa shape index (κ2) is 9.32. The Hall–Kier alpha value is -3.02. The van der Waals surface area contributed by atoms with Crippen molar-refractivity contribution >= 4 is 11.8 Å². The summed E-state index contributed by atoms with van der Waals surface area (Å²) >= 11 is 0. The van der Waals surface area contributed by atoms with E-state index in [1.54, 1.807) is 24.3 Å². The van der Waals surface area contributed by atoms with Gasteiger partial charge >= 0.3 is 0 Å². The van der Waals surface area contributed by atoms with E-state index in [9.17, 15) is 9.59 Å². The topological polar surface area (TPSA) is 76.7 Å². The molecule has 6 nitrogen and oxygen atoms in total. The molecule has 6 heteroatoms. The number of amides is 2. The van der Waals surface area contributed by atoms with Gasteiger partial charge in [-0.25, -0.2) is 0 Å². The molecular formula is C19H22N2O4. The lowest BCUT2D eigenvalue weighted by atomic mass is 10.2.